The SMILES string of the molecule is COCCNCc1cnc(N(CC(F)(F)F)C(C)C)s1. The summed E-state index contributed by atoms with van der Waals surface area (Å²) in [6.07, 6.45) is -2.61. The van der Waals surface area contributed by atoms with Crippen LogP contribution in [0.4, 0.5) is 18.3 Å². The molecule has 8 heteroatoms. The van der Waals surface area contributed by atoms with Gasteiger partial charge in [0.05, 0.1) is 6.61 Å². The van der Waals surface area contributed by atoms with Crippen molar-refractivity contribution in [3.05, 3.63) is 11.1 Å². The Hall–Kier alpha value is -0.860. The van der Waals surface area contributed by atoms with Crippen molar-refractivity contribution in [3.8, 4) is 0 Å². The summed E-state index contributed by atoms with van der Waals surface area (Å²) in [6, 6.07) is -0.253. The van der Waals surface area contributed by atoms with Gasteiger partial charge in [-0.3, -0.25) is 0 Å². The van der Waals surface area contributed by atoms with Crippen LogP contribution >= 0.6 is 11.3 Å². The minimum absolute atomic E-state index is 0.253. The molecule has 0 aliphatic heterocycles. The molecule has 0 aliphatic carbocycles. The van der Waals surface area contributed by atoms with Crippen LogP contribution in [0.25, 0.3) is 0 Å². The number of alkyl halides is 3. The summed E-state index contributed by atoms with van der Waals surface area (Å²) in [6.45, 7) is 4.35. The Kier molecular flexibility index (Phi) is 6.70. The molecule has 116 valence electrons. The van der Waals surface area contributed by atoms with Crippen molar-refractivity contribution in [2.75, 3.05) is 31.7 Å². The molecule has 0 aliphatic rings. The van der Waals surface area contributed by atoms with E-state index in [4.69, 9.17) is 4.74 Å². The molecule has 20 heavy (non-hydrogen) atoms. The predicted octanol–water partition coefficient (Wildman–Crippen LogP) is 2.66. The van der Waals surface area contributed by atoms with E-state index in [1.54, 1.807) is 27.2 Å². The molecule has 0 unspecified atom stereocenters. The summed E-state index contributed by atoms with van der Waals surface area (Å²) in [5.74, 6) is 0. The zero-order valence-electron chi connectivity index (χ0n) is 11.8. The highest BCUT2D eigenvalue weighted by atomic mass is 32.1. The van der Waals surface area contributed by atoms with Gasteiger partial charge in [-0.05, 0) is 13.8 Å². The van der Waals surface area contributed by atoms with Crippen LogP contribution in [-0.2, 0) is 11.3 Å². The number of halogens is 3. The Balaban J connectivity index is 2.62. The number of ether oxygens (including phenoxy) is 1. The van der Waals surface area contributed by atoms with E-state index < -0.39 is 12.7 Å². The third-order valence-corrected chi connectivity index (χ3v) is 3.58. The van der Waals surface area contributed by atoms with Gasteiger partial charge in [0.25, 0.3) is 0 Å². The van der Waals surface area contributed by atoms with Gasteiger partial charge in [-0.1, -0.05) is 0 Å². The molecule has 0 bridgehead atoms. The zero-order valence-corrected chi connectivity index (χ0v) is 12.6. The monoisotopic (exact) mass is 311 g/mol. The van der Waals surface area contributed by atoms with E-state index >= 15 is 0 Å². The van der Waals surface area contributed by atoms with E-state index in [2.05, 4.69) is 10.3 Å². The maximum absolute atomic E-state index is 12.6. The molecule has 0 radical (unpaired) electrons. The quantitative estimate of drug-likeness (QED) is 0.749. The molecule has 1 N–H and O–H groups in total. The van der Waals surface area contributed by atoms with E-state index in [1.807, 2.05) is 0 Å². The van der Waals surface area contributed by atoms with E-state index in [0.29, 0.717) is 24.8 Å². The molecule has 0 amide bonds. The second-order valence-electron chi connectivity index (χ2n) is 4.62. The Morgan fingerprint density at radius 3 is 2.70 bits per heavy atom. The second kappa shape index (κ2) is 7.80. The van der Waals surface area contributed by atoms with Gasteiger partial charge in [0.15, 0.2) is 5.13 Å². The van der Waals surface area contributed by atoms with Crippen molar-refractivity contribution >= 4 is 16.5 Å². The normalized spacial score (nSPS) is 12.2. The molecular weight excluding hydrogens is 291 g/mol. The third-order valence-electron chi connectivity index (χ3n) is 2.54. The van der Waals surface area contributed by atoms with Gasteiger partial charge in [0.2, 0.25) is 0 Å². The first-order valence-electron chi connectivity index (χ1n) is 6.31. The number of anilines is 1. The van der Waals surface area contributed by atoms with Crippen molar-refractivity contribution in [1.29, 1.82) is 0 Å². The molecule has 1 aromatic rings. The van der Waals surface area contributed by atoms with E-state index in [0.717, 1.165) is 4.88 Å². The van der Waals surface area contributed by atoms with Crippen molar-refractivity contribution in [1.82, 2.24) is 10.3 Å². The number of rotatable bonds is 8. The summed E-state index contributed by atoms with van der Waals surface area (Å²) in [7, 11) is 1.62. The first kappa shape index (κ1) is 17.2. The minimum atomic E-state index is -4.23. The number of nitrogens with one attached hydrogen (secondary N) is 1. The van der Waals surface area contributed by atoms with Gasteiger partial charge in [-0.25, -0.2) is 4.98 Å². The average molecular weight is 311 g/mol. The Morgan fingerprint density at radius 1 is 1.45 bits per heavy atom. The largest absolute Gasteiger partial charge is 0.406 e. The van der Waals surface area contributed by atoms with Crippen LogP contribution in [0.15, 0.2) is 6.20 Å². The molecular formula is C12H20F3N3OS. The summed E-state index contributed by atoms with van der Waals surface area (Å²) in [5, 5.41) is 3.54. The second-order valence-corrected chi connectivity index (χ2v) is 5.71. The molecule has 1 heterocycles. The van der Waals surface area contributed by atoms with Gasteiger partial charge < -0.3 is 15.0 Å². The van der Waals surface area contributed by atoms with Gasteiger partial charge >= 0.3 is 6.18 Å². The topological polar surface area (TPSA) is 37.4 Å². The van der Waals surface area contributed by atoms with Crippen LogP contribution in [0.5, 0.6) is 0 Å². The Bertz CT molecular complexity index is 396. The summed E-state index contributed by atoms with van der Waals surface area (Å²) in [4.78, 5) is 6.27. The first-order valence-corrected chi connectivity index (χ1v) is 7.13. The van der Waals surface area contributed by atoms with Crippen molar-refractivity contribution < 1.29 is 17.9 Å². The van der Waals surface area contributed by atoms with Crippen LogP contribution in [0.2, 0.25) is 0 Å². The number of hydrogen-bond donors (Lipinski definition) is 1. The smallest absolute Gasteiger partial charge is 0.383 e. The average Bonchev–Trinajstić information content (AvgIpc) is 2.79. The van der Waals surface area contributed by atoms with Crippen LogP contribution in [0.3, 0.4) is 0 Å². The third kappa shape index (κ3) is 6.06. The van der Waals surface area contributed by atoms with Crippen LogP contribution in [0, 0.1) is 0 Å². The predicted molar refractivity (Wildman–Crippen MR) is 74.2 cm³/mol. The maximum atomic E-state index is 12.6. The fraction of sp³-hybridized carbons (Fsp3) is 0.750. The lowest BCUT2D eigenvalue weighted by molar-refractivity contribution is -0.120. The first-order chi connectivity index (χ1) is 9.33. The van der Waals surface area contributed by atoms with Crippen LogP contribution < -0.4 is 10.2 Å². The highest BCUT2D eigenvalue weighted by molar-refractivity contribution is 7.15. The standard InChI is InChI=1S/C12H20F3N3OS/c1-9(2)18(8-12(13,14)15)11-17-7-10(20-11)6-16-4-5-19-3/h7,9,16H,4-6,8H2,1-3H3. The number of nitrogens with zero attached hydrogens (tertiary/aromatic N) is 2. The fourth-order valence-electron chi connectivity index (χ4n) is 1.56. The molecule has 0 aromatic carbocycles. The van der Waals surface area contributed by atoms with Crippen molar-refractivity contribution in [3.63, 3.8) is 0 Å². The van der Waals surface area contributed by atoms with Crippen molar-refractivity contribution in [2.45, 2.75) is 32.6 Å². The maximum Gasteiger partial charge on any atom is 0.406 e. The van der Waals surface area contributed by atoms with Gasteiger partial charge in [0, 0.05) is 37.3 Å². The lowest BCUT2D eigenvalue weighted by Crippen LogP contribution is -2.39. The minimum Gasteiger partial charge on any atom is -0.383 e. The summed E-state index contributed by atoms with van der Waals surface area (Å²) >= 11 is 1.28. The number of aromatic nitrogens is 1. The molecule has 4 nitrogen and oxygen atoms in total. The molecule has 1 aromatic heterocycles. The number of thiazole rings is 1. The van der Waals surface area contributed by atoms with Gasteiger partial charge in [-0.15, -0.1) is 11.3 Å². The molecule has 0 fully saturated rings. The summed E-state index contributed by atoms with van der Waals surface area (Å²) < 4.78 is 42.6. The summed E-state index contributed by atoms with van der Waals surface area (Å²) in [5.41, 5.74) is 0. The molecule has 1 rings (SSSR count). The number of hydrogen-bond acceptors (Lipinski definition) is 5. The molecule has 0 atom stereocenters. The van der Waals surface area contributed by atoms with Crippen molar-refractivity contribution in [2.24, 2.45) is 0 Å². The zero-order chi connectivity index (χ0) is 15.2. The highest BCUT2D eigenvalue weighted by Gasteiger charge is 2.33. The van der Waals surface area contributed by atoms with E-state index in [9.17, 15) is 13.2 Å². The fourth-order valence-corrected chi connectivity index (χ4v) is 2.57. The molecule has 0 spiro atoms. The van der Waals surface area contributed by atoms with E-state index in [-0.39, 0.29) is 6.04 Å². The molecule has 0 saturated heterocycles. The lowest BCUT2D eigenvalue weighted by atomic mass is 10.3. The Morgan fingerprint density at radius 2 is 2.15 bits per heavy atom. The Labute approximate surface area is 120 Å². The van der Waals surface area contributed by atoms with Gasteiger partial charge in [-0.2, -0.15) is 13.2 Å². The number of methoxy groups -OCH3 is 1. The lowest BCUT2D eigenvalue weighted by Gasteiger charge is -2.26. The van der Waals surface area contributed by atoms with Gasteiger partial charge in [0.1, 0.15) is 6.54 Å². The van der Waals surface area contributed by atoms with Crippen LogP contribution in [0.1, 0.15) is 18.7 Å². The highest BCUT2D eigenvalue weighted by Crippen LogP contribution is 2.28. The van der Waals surface area contributed by atoms with E-state index in [1.165, 1.54) is 16.2 Å². The van der Waals surface area contributed by atoms with Crippen LogP contribution in [-0.4, -0.2) is 44.0 Å². The molecule has 0 saturated carbocycles.